The molecule has 0 spiro atoms. The summed E-state index contributed by atoms with van der Waals surface area (Å²) in [6.45, 7) is 2.21. The molecule has 1 N–H and O–H groups in total. The lowest BCUT2D eigenvalue weighted by Crippen LogP contribution is -3.04. The summed E-state index contributed by atoms with van der Waals surface area (Å²) < 4.78 is 10.5. The van der Waals surface area contributed by atoms with Crippen LogP contribution in [0.25, 0.3) is 6.08 Å². The van der Waals surface area contributed by atoms with Crippen LogP contribution in [0.3, 0.4) is 0 Å². The Morgan fingerprint density at radius 1 is 1.26 bits per heavy atom. The molecule has 0 amide bonds. The van der Waals surface area contributed by atoms with Crippen molar-refractivity contribution in [3.05, 3.63) is 63.9 Å². The largest absolute Gasteiger partial charge is 0.872 e. The summed E-state index contributed by atoms with van der Waals surface area (Å²) >= 11 is 0. The third-order valence-electron chi connectivity index (χ3n) is 4.36. The molecular formula is C21H21NO5. The quantitative estimate of drug-likeness (QED) is 0.647. The van der Waals surface area contributed by atoms with E-state index in [0.29, 0.717) is 40.1 Å². The molecule has 140 valence electrons. The number of rotatable bonds is 4. The number of methoxy groups -OCH3 is 1. The van der Waals surface area contributed by atoms with Crippen molar-refractivity contribution >= 4 is 17.8 Å². The Morgan fingerprint density at radius 3 is 2.52 bits per heavy atom. The highest BCUT2D eigenvalue weighted by atomic mass is 16.5. The van der Waals surface area contributed by atoms with Gasteiger partial charge in [-0.15, -0.1) is 0 Å². The predicted octanol–water partition coefficient (Wildman–Crippen LogP) is 1.12. The molecule has 0 aromatic heterocycles. The molecule has 0 atom stereocenters. The van der Waals surface area contributed by atoms with Crippen molar-refractivity contribution in [2.75, 3.05) is 21.2 Å². The maximum absolute atomic E-state index is 12.8. The number of carbonyl (C=O) groups is 2. The number of ketones is 1. The average Bonchev–Trinajstić information content (AvgIpc) is 2.95. The SMILES string of the molecule is COC(=O)c1ccc(/C=C2\Oc3c(C[NH+](C)C)c([O-])cc(C)c3C2=O)cc1. The summed E-state index contributed by atoms with van der Waals surface area (Å²) in [6.07, 6.45) is 1.61. The molecule has 0 fully saturated rings. The summed E-state index contributed by atoms with van der Waals surface area (Å²) in [5.41, 5.74) is 2.70. The summed E-state index contributed by atoms with van der Waals surface area (Å²) in [4.78, 5) is 25.4. The van der Waals surface area contributed by atoms with Gasteiger partial charge in [0.1, 0.15) is 12.3 Å². The lowest BCUT2D eigenvalue weighted by atomic mass is 9.99. The number of aryl methyl sites for hydroxylation is 1. The molecule has 2 aromatic rings. The van der Waals surface area contributed by atoms with Crippen LogP contribution in [0.15, 0.2) is 36.1 Å². The topological polar surface area (TPSA) is 80.1 Å². The van der Waals surface area contributed by atoms with Crippen LogP contribution in [0.5, 0.6) is 11.5 Å². The van der Waals surface area contributed by atoms with Gasteiger partial charge in [0.15, 0.2) is 5.76 Å². The van der Waals surface area contributed by atoms with Gasteiger partial charge in [-0.1, -0.05) is 23.9 Å². The molecule has 0 unspecified atom stereocenters. The molecule has 0 saturated carbocycles. The number of allylic oxidation sites excluding steroid dienone is 1. The smallest absolute Gasteiger partial charge is 0.337 e. The maximum Gasteiger partial charge on any atom is 0.337 e. The number of hydrogen-bond donors (Lipinski definition) is 1. The standard InChI is InChI=1S/C21H21NO5/c1-12-9-16(23)15(11-22(2)3)20-18(12)19(24)17(27-20)10-13-5-7-14(8-6-13)21(25)26-4/h5-10,23H,11H2,1-4H3/b17-10-. The van der Waals surface area contributed by atoms with E-state index in [0.717, 1.165) is 4.90 Å². The number of carbonyl (C=O) groups excluding carboxylic acids is 2. The Kier molecular flexibility index (Phi) is 5.01. The Morgan fingerprint density at radius 2 is 1.93 bits per heavy atom. The van der Waals surface area contributed by atoms with Crippen LogP contribution in [0, 0.1) is 6.92 Å². The number of Topliss-reactive ketones (excluding diaryl/α,β-unsaturated/α-hetero) is 1. The molecule has 0 radical (unpaired) electrons. The number of esters is 1. The van der Waals surface area contributed by atoms with Gasteiger partial charge in [0.25, 0.3) is 0 Å². The third kappa shape index (κ3) is 3.57. The molecule has 1 aliphatic heterocycles. The monoisotopic (exact) mass is 367 g/mol. The summed E-state index contributed by atoms with van der Waals surface area (Å²) in [5, 5.41) is 12.4. The third-order valence-corrected chi connectivity index (χ3v) is 4.36. The summed E-state index contributed by atoms with van der Waals surface area (Å²) in [7, 11) is 5.18. The van der Waals surface area contributed by atoms with Gasteiger partial charge >= 0.3 is 5.97 Å². The highest BCUT2D eigenvalue weighted by Crippen LogP contribution is 2.40. The number of nitrogens with one attached hydrogen (secondary N) is 1. The Bertz CT molecular complexity index is 942. The van der Waals surface area contributed by atoms with Crippen molar-refractivity contribution < 1.29 is 29.1 Å². The van der Waals surface area contributed by atoms with Gasteiger partial charge in [0.2, 0.25) is 5.78 Å². The minimum atomic E-state index is -0.427. The van der Waals surface area contributed by atoms with Crippen LogP contribution in [-0.4, -0.2) is 33.0 Å². The van der Waals surface area contributed by atoms with Gasteiger partial charge in [-0.05, 0) is 36.3 Å². The van der Waals surface area contributed by atoms with Crippen molar-refractivity contribution in [2.45, 2.75) is 13.5 Å². The molecule has 2 aromatic carbocycles. The van der Waals surface area contributed by atoms with E-state index < -0.39 is 5.97 Å². The first-order valence-electron chi connectivity index (χ1n) is 8.57. The molecule has 6 nitrogen and oxygen atoms in total. The minimum absolute atomic E-state index is 0.121. The Hall–Kier alpha value is -3.12. The van der Waals surface area contributed by atoms with Crippen molar-refractivity contribution in [3.8, 4) is 11.5 Å². The molecule has 0 bridgehead atoms. The van der Waals surface area contributed by atoms with E-state index in [4.69, 9.17) is 4.74 Å². The van der Waals surface area contributed by atoms with Gasteiger partial charge in [-0.25, -0.2) is 4.79 Å². The fourth-order valence-electron chi connectivity index (χ4n) is 3.07. The fourth-order valence-corrected chi connectivity index (χ4v) is 3.07. The van der Waals surface area contributed by atoms with Crippen LogP contribution in [0.4, 0.5) is 0 Å². The second kappa shape index (κ2) is 7.25. The van der Waals surface area contributed by atoms with Crippen LogP contribution < -0.4 is 14.7 Å². The van der Waals surface area contributed by atoms with E-state index in [9.17, 15) is 14.7 Å². The molecule has 0 saturated heterocycles. The first-order valence-corrected chi connectivity index (χ1v) is 8.57. The fraction of sp³-hybridized carbons (Fsp3) is 0.238. The highest BCUT2D eigenvalue weighted by molar-refractivity contribution is 6.15. The van der Waals surface area contributed by atoms with Crippen LogP contribution >= 0.6 is 0 Å². The van der Waals surface area contributed by atoms with E-state index >= 15 is 0 Å². The van der Waals surface area contributed by atoms with Gasteiger partial charge in [-0.3, -0.25) is 4.79 Å². The lowest BCUT2D eigenvalue weighted by molar-refractivity contribution is -0.872. The highest BCUT2D eigenvalue weighted by Gasteiger charge is 2.32. The van der Waals surface area contributed by atoms with Gasteiger partial charge in [-0.2, -0.15) is 0 Å². The maximum atomic E-state index is 12.8. The Labute approximate surface area is 157 Å². The van der Waals surface area contributed by atoms with Crippen LogP contribution in [-0.2, 0) is 11.3 Å². The molecule has 1 heterocycles. The van der Waals surface area contributed by atoms with Gasteiger partial charge < -0.3 is 19.5 Å². The van der Waals surface area contributed by atoms with E-state index in [1.807, 2.05) is 14.1 Å². The molecule has 0 aliphatic carbocycles. The number of ether oxygens (including phenoxy) is 2. The van der Waals surface area contributed by atoms with Crippen LogP contribution in [0.2, 0.25) is 0 Å². The zero-order valence-electron chi connectivity index (χ0n) is 15.7. The van der Waals surface area contributed by atoms with Crippen LogP contribution in [0.1, 0.15) is 37.4 Å². The van der Waals surface area contributed by atoms with Crippen molar-refractivity contribution in [1.82, 2.24) is 0 Å². The number of quaternary nitrogens is 1. The average molecular weight is 367 g/mol. The summed E-state index contributed by atoms with van der Waals surface area (Å²) in [6, 6.07) is 8.14. The second-order valence-electron chi connectivity index (χ2n) is 6.81. The van der Waals surface area contributed by atoms with Crippen molar-refractivity contribution in [2.24, 2.45) is 0 Å². The minimum Gasteiger partial charge on any atom is -0.872 e. The first kappa shape index (κ1) is 18.7. The van der Waals surface area contributed by atoms with E-state index in [1.54, 1.807) is 37.3 Å². The summed E-state index contributed by atoms with van der Waals surface area (Å²) in [5.74, 6) is -0.258. The molecular weight excluding hydrogens is 346 g/mol. The van der Waals surface area contributed by atoms with Crippen molar-refractivity contribution in [1.29, 1.82) is 0 Å². The predicted molar refractivity (Wildman–Crippen MR) is 97.9 cm³/mol. The molecule has 1 aliphatic rings. The molecule has 3 rings (SSSR count). The number of fused-ring (bicyclic) bond motifs is 1. The van der Waals surface area contributed by atoms with Gasteiger partial charge in [0.05, 0.1) is 32.3 Å². The number of hydrogen-bond acceptors (Lipinski definition) is 5. The van der Waals surface area contributed by atoms with E-state index in [-0.39, 0.29) is 17.3 Å². The first-order chi connectivity index (χ1) is 12.8. The van der Waals surface area contributed by atoms with Gasteiger partial charge in [0, 0.05) is 5.56 Å². The lowest BCUT2D eigenvalue weighted by Gasteiger charge is -2.19. The zero-order chi connectivity index (χ0) is 19.7. The second-order valence-corrected chi connectivity index (χ2v) is 6.81. The van der Waals surface area contributed by atoms with E-state index in [2.05, 4.69) is 4.74 Å². The van der Waals surface area contributed by atoms with Crippen molar-refractivity contribution in [3.63, 3.8) is 0 Å². The molecule has 27 heavy (non-hydrogen) atoms. The normalized spacial score (nSPS) is 14.4. The van der Waals surface area contributed by atoms with E-state index in [1.165, 1.54) is 13.2 Å². The molecule has 6 heteroatoms. The number of benzene rings is 2. The Balaban J connectivity index is 1.98. The zero-order valence-corrected chi connectivity index (χ0v) is 15.7.